The van der Waals surface area contributed by atoms with Gasteiger partial charge in [-0.05, 0) is 32.6 Å². The van der Waals surface area contributed by atoms with Crippen LogP contribution in [0.2, 0.25) is 0 Å². The molecule has 0 radical (unpaired) electrons. The molecule has 1 unspecified atom stereocenters. The molecule has 0 bridgehead atoms. The third-order valence-corrected chi connectivity index (χ3v) is 3.37. The molecule has 0 saturated carbocycles. The van der Waals surface area contributed by atoms with Gasteiger partial charge in [0.25, 0.3) is 5.56 Å². The summed E-state index contributed by atoms with van der Waals surface area (Å²) in [4.78, 5) is 19.0. The Morgan fingerprint density at radius 1 is 1.42 bits per heavy atom. The Labute approximate surface area is 114 Å². The summed E-state index contributed by atoms with van der Waals surface area (Å²) >= 11 is 0. The van der Waals surface area contributed by atoms with E-state index < -0.39 is 0 Å². The first kappa shape index (κ1) is 15.9. The molecule has 0 aliphatic carbocycles. The molecule has 0 saturated heterocycles. The summed E-state index contributed by atoms with van der Waals surface area (Å²) in [6, 6.07) is -0.0604. The van der Waals surface area contributed by atoms with Crippen LogP contribution in [-0.4, -0.2) is 28.2 Å². The van der Waals surface area contributed by atoms with Gasteiger partial charge in [-0.2, -0.15) is 0 Å². The molecule has 0 aromatic carbocycles. The van der Waals surface area contributed by atoms with E-state index in [1.165, 1.54) is 0 Å². The summed E-state index contributed by atoms with van der Waals surface area (Å²) in [5, 5.41) is 12.4. The Hall–Kier alpha value is -1.20. The van der Waals surface area contributed by atoms with Crippen LogP contribution in [0.3, 0.4) is 0 Å². The molecule has 1 atom stereocenters. The topological polar surface area (TPSA) is 78.0 Å². The van der Waals surface area contributed by atoms with Gasteiger partial charge in [0.2, 0.25) is 0 Å². The Morgan fingerprint density at radius 3 is 2.58 bits per heavy atom. The lowest BCUT2D eigenvalue weighted by molar-refractivity contribution is 0.203. The summed E-state index contributed by atoms with van der Waals surface area (Å²) in [7, 11) is 0. The zero-order chi connectivity index (χ0) is 14.6. The van der Waals surface area contributed by atoms with E-state index >= 15 is 0 Å². The van der Waals surface area contributed by atoms with Gasteiger partial charge in [0.15, 0.2) is 0 Å². The average Bonchev–Trinajstić information content (AvgIpc) is 2.25. The summed E-state index contributed by atoms with van der Waals surface area (Å²) in [6.07, 6.45) is 0.730. The maximum Gasteiger partial charge on any atom is 0.255 e. The van der Waals surface area contributed by atoms with Crippen LogP contribution in [0.4, 0.5) is 0 Å². The minimum atomic E-state index is -0.0787. The number of aryl methyl sites for hydroxylation is 2. The molecule has 0 spiro atoms. The molecule has 0 aliphatic rings. The zero-order valence-corrected chi connectivity index (χ0v) is 12.5. The number of nitrogens with one attached hydrogen (secondary N) is 2. The van der Waals surface area contributed by atoms with Crippen molar-refractivity contribution in [3.63, 3.8) is 0 Å². The van der Waals surface area contributed by atoms with Crippen LogP contribution in [0, 0.1) is 19.3 Å². The second-order valence-corrected chi connectivity index (χ2v) is 5.89. The van der Waals surface area contributed by atoms with Crippen molar-refractivity contribution in [2.45, 2.75) is 47.1 Å². The number of H-pyrrole nitrogens is 1. The van der Waals surface area contributed by atoms with E-state index in [4.69, 9.17) is 5.11 Å². The number of hydrogen-bond donors (Lipinski definition) is 3. The maximum atomic E-state index is 12.0. The lowest BCUT2D eigenvalue weighted by Crippen LogP contribution is -2.35. The molecule has 0 aliphatic heterocycles. The number of nitrogens with zero attached hydrogens (tertiary/aromatic N) is 1. The summed E-state index contributed by atoms with van der Waals surface area (Å²) < 4.78 is 0. The highest BCUT2D eigenvalue weighted by Gasteiger charge is 2.20. The quantitative estimate of drug-likeness (QED) is 0.729. The molecule has 1 rings (SSSR count). The van der Waals surface area contributed by atoms with Gasteiger partial charge in [0.1, 0.15) is 5.82 Å². The molecule has 1 heterocycles. The number of rotatable bonds is 6. The minimum Gasteiger partial charge on any atom is -0.396 e. The van der Waals surface area contributed by atoms with Crippen molar-refractivity contribution in [3.05, 3.63) is 27.4 Å². The molecule has 0 fully saturated rings. The molecular weight excluding hydrogens is 242 g/mol. The summed E-state index contributed by atoms with van der Waals surface area (Å²) in [5.74, 6) is 0.638. The predicted molar refractivity (Wildman–Crippen MR) is 76.2 cm³/mol. The van der Waals surface area contributed by atoms with Crippen molar-refractivity contribution in [3.8, 4) is 0 Å². The van der Waals surface area contributed by atoms with Crippen molar-refractivity contribution >= 4 is 0 Å². The van der Waals surface area contributed by atoms with Gasteiger partial charge < -0.3 is 15.4 Å². The smallest absolute Gasteiger partial charge is 0.255 e. The van der Waals surface area contributed by atoms with Crippen LogP contribution in [0.1, 0.15) is 50.3 Å². The van der Waals surface area contributed by atoms with Gasteiger partial charge in [-0.3, -0.25) is 4.79 Å². The number of aromatic nitrogens is 2. The van der Waals surface area contributed by atoms with E-state index in [1.807, 2.05) is 13.8 Å². The molecule has 0 amide bonds. The highest BCUT2D eigenvalue weighted by molar-refractivity contribution is 5.20. The van der Waals surface area contributed by atoms with Gasteiger partial charge in [-0.25, -0.2) is 4.98 Å². The first-order chi connectivity index (χ1) is 8.76. The van der Waals surface area contributed by atoms with Crippen molar-refractivity contribution in [1.29, 1.82) is 0 Å². The Morgan fingerprint density at radius 2 is 2.05 bits per heavy atom. The number of hydrogen-bond acceptors (Lipinski definition) is 4. The summed E-state index contributed by atoms with van der Waals surface area (Å²) in [5.41, 5.74) is 1.37. The van der Waals surface area contributed by atoms with Crippen LogP contribution in [0.25, 0.3) is 0 Å². The molecule has 3 N–H and O–H groups in total. The van der Waals surface area contributed by atoms with Gasteiger partial charge in [-0.1, -0.05) is 13.8 Å². The number of aromatic amines is 1. The molecule has 19 heavy (non-hydrogen) atoms. The fraction of sp³-hybridized carbons (Fsp3) is 0.714. The van der Waals surface area contributed by atoms with E-state index in [1.54, 1.807) is 6.92 Å². The third-order valence-electron chi connectivity index (χ3n) is 3.37. The molecule has 108 valence electrons. The van der Waals surface area contributed by atoms with Crippen molar-refractivity contribution in [2.75, 3.05) is 13.2 Å². The second kappa shape index (κ2) is 6.30. The normalized spacial score (nSPS) is 13.6. The van der Waals surface area contributed by atoms with Gasteiger partial charge in [0.05, 0.1) is 5.56 Å². The van der Waals surface area contributed by atoms with Crippen LogP contribution in [0.5, 0.6) is 0 Å². The number of aliphatic hydroxyl groups is 1. The van der Waals surface area contributed by atoms with E-state index in [9.17, 15) is 4.79 Å². The largest absolute Gasteiger partial charge is 0.396 e. The Balaban J connectivity index is 2.80. The number of aliphatic hydroxyl groups excluding tert-OH is 1. The minimum absolute atomic E-state index is 0.00179. The van der Waals surface area contributed by atoms with Crippen molar-refractivity contribution < 1.29 is 5.11 Å². The van der Waals surface area contributed by atoms with E-state index in [2.05, 4.69) is 29.1 Å². The first-order valence-corrected chi connectivity index (χ1v) is 6.68. The lowest BCUT2D eigenvalue weighted by Gasteiger charge is -2.26. The summed E-state index contributed by atoms with van der Waals surface area (Å²) in [6.45, 7) is 10.7. The molecule has 1 aromatic rings. The van der Waals surface area contributed by atoms with Crippen molar-refractivity contribution in [2.24, 2.45) is 5.41 Å². The van der Waals surface area contributed by atoms with E-state index in [0.717, 1.165) is 18.7 Å². The van der Waals surface area contributed by atoms with Crippen LogP contribution in [-0.2, 0) is 0 Å². The van der Waals surface area contributed by atoms with Crippen LogP contribution < -0.4 is 10.9 Å². The lowest BCUT2D eigenvalue weighted by atomic mass is 9.89. The first-order valence-electron chi connectivity index (χ1n) is 6.68. The monoisotopic (exact) mass is 267 g/mol. The maximum absolute atomic E-state index is 12.0. The van der Waals surface area contributed by atoms with E-state index in [0.29, 0.717) is 11.4 Å². The van der Waals surface area contributed by atoms with Crippen molar-refractivity contribution in [1.82, 2.24) is 15.3 Å². The van der Waals surface area contributed by atoms with E-state index in [-0.39, 0.29) is 23.6 Å². The fourth-order valence-electron chi connectivity index (χ4n) is 2.17. The van der Waals surface area contributed by atoms with Gasteiger partial charge >= 0.3 is 0 Å². The predicted octanol–water partition coefficient (Wildman–Crippen LogP) is 1.45. The second-order valence-electron chi connectivity index (χ2n) is 5.89. The van der Waals surface area contributed by atoms with Gasteiger partial charge in [-0.15, -0.1) is 0 Å². The van der Waals surface area contributed by atoms with Gasteiger partial charge in [0, 0.05) is 24.9 Å². The van der Waals surface area contributed by atoms with Crippen LogP contribution >= 0.6 is 0 Å². The molecule has 5 nitrogen and oxygen atoms in total. The standard InChI is InChI=1S/C14H25N3O2/c1-9(15-8-14(4,5)6-7-18)12-10(2)16-11(3)17-13(12)19/h9,15,18H,6-8H2,1-5H3,(H,16,17,19). The average molecular weight is 267 g/mol. The Bertz CT molecular complexity index is 480. The highest BCUT2D eigenvalue weighted by Crippen LogP contribution is 2.20. The molecule has 1 aromatic heterocycles. The third kappa shape index (κ3) is 4.44. The van der Waals surface area contributed by atoms with Crippen LogP contribution in [0.15, 0.2) is 4.79 Å². The SMILES string of the molecule is Cc1nc(C)c(C(C)NCC(C)(C)CCO)c(=O)[nH]1. The fourth-order valence-corrected chi connectivity index (χ4v) is 2.17. The highest BCUT2D eigenvalue weighted by atomic mass is 16.3. The Kier molecular flexibility index (Phi) is 5.26. The molecule has 5 heteroatoms. The molecular formula is C14H25N3O2. The zero-order valence-electron chi connectivity index (χ0n) is 12.5.